The highest BCUT2D eigenvalue weighted by atomic mass is 16.4. The first-order valence-electron chi connectivity index (χ1n) is 9.11. The maximum absolute atomic E-state index is 11.4. The van der Waals surface area contributed by atoms with Crippen molar-refractivity contribution in [2.75, 3.05) is 6.54 Å². The minimum absolute atomic E-state index is 0.568. The van der Waals surface area contributed by atoms with Crippen molar-refractivity contribution in [1.82, 2.24) is 9.88 Å². The van der Waals surface area contributed by atoms with Crippen molar-refractivity contribution >= 4 is 0 Å². The van der Waals surface area contributed by atoms with E-state index in [-0.39, 0.29) is 0 Å². The van der Waals surface area contributed by atoms with Gasteiger partial charge in [0.05, 0.1) is 12.7 Å². The van der Waals surface area contributed by atoms with Gasteiger partial charge in [-0.15, -0.1) is 0 Å². The quantitative estimate of drug-likeness (QED) is 0.736. The third kappa shape index (κ3) is 3.57. The number of rotatable bonds is 6. The molecule has 0 fully saturated rings. The molecule has 1 aliphatic rings. The fourth-order valence-electron chi connectivity index (χ4n) is 3.91. The summed E-state index contributed by atoms with van der Waals surface area (Å²) in [4.78, 5) is 6.45. The number of fused-ring (bicyclic) bond motifs is 1. The normalized spacial score (nSPS) is 19.0. The number of benzene rings is 2. The van der Waals surface area contributed by atoms with E-state index in [1.54, 1.807) is 6.20 Å². The molecule has 0 spiro atoms. The van der Waals surface area contributed by atoms with Gasteiger partial charge in [-0.2, -0.15) is 0 Å². The molecule has 1 heterocycles. The number of aryl methyl sites for hydroxylation is 2. The highest BCUT2D eigenvalue weighted by Gasteiger charge is 2.38. The van der Waals surface area contributed by atoms with Gasteiger partial charge in [-0.25, -0.2) is 4.98 Å². The van der Waals surface area contributed by atoms with E-state index in [0.29, 0.717) is 19.0 Å². The molecular formula is C22H24N2O2. The molecule has 1 unspecified atom stereocenters. The second kappa shape index (κ2) is 7.06. The van der Waals surface area contributed by atoms with Gasteiger partial charge in [0.2, 0.25) is 0 Å². The van der Waals surface area contributed by atoms with Crippen LogP contribution in [0.2, 0.25) is 0 Å². The second-order valence-corrected chi connectivity index (χ2v) is 7.17. The van der Waals surface area contributed by atoms with Gasteiger partial charge in [-0.3, -0.25) is 4.90 Å². The fourth-order valence-corrected chi connectivity index (χ4v) is 3.91. The molecule has 1 aromatic heterocycles. The second-order valence-electron chi connectivity index (χ2n) is 7.17. The van der Waals surface area contributed by atoms with Crippen LogP contribution in [-0.4, -0.2) is 21.5 Å². The molecule has 1 N–H and O–H groups in total. The Labute approximate surface area is 154 Å². The molecule has 0 radical (unpaired) electrons. The zero-order valence-corrected chi connectivity index (χ0v) is 15.1. The van der Waals surface area contributed by atoms with Crippen molar-refractivity contribution < 1.29 is 9.52 Å². The smallest absolute Gasteiger partial charge is 0.191 e. The average Bonchev–Trinajstić information content (AvgIpc) is 3.20. The van der Waals surface area contributed by atoms with E-state index < -0.39 is 5.60 Å². The highest BCUT2D eigenvalue weighted by molar-refractivity contribution is 5.37. The van der Waals surface area contributed by atoms with Crippen molar-refractivity contribution in [3.8, 4) is 0 Å². The molecule has 134 valence electrons. The van der Waals surface area contributed by atoms with Gasteiger partial charge >= 0.3 is 0 Å². The van der Waals surface area contributed by atoms with Gasteiger partial charge in [0.25, 0.3) is 0 Å². The topological polar surface area (TPSA) is 49.5 Å². The van der Waals surface area contributed by atoms with Crippen LogP contribution in [0.5, 0.6) is 0 Å². The van der Waals surface area contributed by atoms with Crippen molar-refractivity contribution in [2.24, 2.45) is 0 Å². The molecule has 4 rings (SSSR count). The molecule has 0 amide bonds. The lowest BCUT2D eigenvalue weighted by Gasteiger charge is -2.32. The van der Waals surface area contributed by atoms with Crippen LogP contribution in [0.15, 0.2) is 65.2 Å². The van der Waals surface area contributed by atoms with Crippen LogP contribution >= 0.6 is 0 Å². The summed E-state index contributed by atoms with van der Waals surface area (Å²) >= 11 is 0. The summed E-state index contributed by atoms with van der Waals surface area (Å²) in [6, 6.07) is 18.6. The molecule has 0 saturated carbocycles. The number of oxazole rings is 1. The van der Waals surface area contributed by atoms with Gasteiger partial charge in [0.15, 0.2) is 5.89 Å². The van der Waals surface area contributed by atoms with Gasteiger partial charge in [-0.05, 0) is 29.5 Å². The van der Waals surface area contributed by atoms with E-state index in [9.17, 15) is 5.11 Å². The minimum Gasteiger partial charge on any atom is -0.445 e. The van der Waals surface area contributed by atoms with E-state index in [0.717, 1.165) is 30.7 Å². The van der Waals surface area contributed by atoms with Gasteiger partial charge in [0.1, 0.15) is 11.4 Å². The van der Waals surface area contributed by atoms with E-state index in [4.69, 9.17) is 4.42 Å². The number of aliphatic hydroxyl groups is 1. The summed E-state index contributed by atoms with van der Waals surface area (Å²) in [5.41, 5.74) is 2.72. The lowest BCUT2D eigenvalue weighted by Crippen LogP contribution is -2.39. The monoisotopic (exact) mass is 348 g/mol. The van der Waals surface area contributed by atoms with E-state index in [2.05, 4.69) is 34.1 Å². The molecule has 0 bridgehead atoms. The third-order valence-electron chi connectivity index (χ3n) is 5.11. The molecule has 4 nitrogen and oxygen atoms in total. The summed E-state index contributed by atoms with van der Waals surface area (Å²) in [5.74, 6) is 1.50. The molecule has 3 aromatic rings. The number of aromatic nitrogens is 1. The number of hydrogen-bond donors (Lipinski definition) is 1. The van der Waals surface area contributed by atoms with Crippen LogP contribution in [0.3, 0.4) is 0 Å². The third-order valence-corrected chi connectivity index (χ3v) is 5.11. The SMILES string of the molecule is Cc1ncc(CN(Cc2ccccc2)CC2(O)CCc3ccccc32)o1. The van der Waals surface area contributed by atoms with Gasteiger partial charge < -0.3 is 9.52 Å². The van der Waals surface area contributed by atoms with Crippen molar-refractivity contribution in [1.29, 1.82) is 0 Å². The predicted molar refractivity (Wildman–Crippen MR) is 100 cm³/mol. The van der Waals surface area contributed by atoms with Gasteiger partial charge in [-0.1, -0.05) is 54.6 Å². The minimum atomic E-state index is -0.819. The number of hydrogen-bond acceptors (Lipinski definition) is 4. The molecule has 4 heteroatoms. The van der Waals surface area contributed by atoms with Crippen molar-refractivity contribution in [3.05, 3.63) is 89.1 Å². The van der Waals surface area contributed by atoms with Crippen molar-refractivity contribution in [3.63, 3.8) is 0 Å². The van der Waals surface area contributed by atoms with Crippen LogP contribution in [-0.2, 0) is 25.1 Å². The molecule has 1 atom stereocenters. The first-order valence-corrected chi connectivity index (χ1v) is 9.11. The number of nitrogens with zero attached hydrogens (tertiary/aromatic N) is 2. The molecule has 26 heavy (non-hydrogen) atoms. The summed E-state index contributed by atoms with van der Waals surface area (Å²) < 4.78 is 5.68. The summed E-state index contributed by atoms with van der Waals surface area (Å²) in [5, 5.41) is 11.4. The maximum atomic E-state index is 11.4. The first-order chi connectivity index (χ1) is 12.6. The van der Waals surface area contributed by atoms with E-state index >= 15 is 0 Å². The zero-order chi connectivity index (χ0) is 18.0. The lowest BCUT2D eigenvalue weighted by molar-refractivity contribution is -0.00592. The van der Waals surface area contributed by atoms with Crippen LogP contribution in [0.1, 0.15) is 34.8 Å². The Balaban J connectivity index is 1.58. The highest BCUT2D eigenvalue weighted by Crippen LogP contribution is 2.37. The van der Waals surface area contributed by atoms with E-state index in [1.165, 1.54) is 11.1 Å². The standard InChI is InChI=1S/C22H24N2O2/c1-17-23-13-20(26-17)15-24(14-18-7-3-2-4-8-18)16-22(25)12-11-19-9-5-6-10-21(19)22/h2-10,13,25H,11-12,14-16H2,1H3. The largest absolute Gasteiger partial charge is 0.445 e. The van der Waals surface area contributed by atoms with E-state index in [1.807, 2.05) is 37.3 Å². The summed E-state index contributed by atoms with van der Waals surface area (Å²) in [7, 11) is 0. The van der Waals surface area contributed by atoms with Crippen LogP contribution in [0, 0.1) is 6.92 Å². The Morgan fingerprint density at radius 3 is 2.62 bits per heavy atom. The Hall–Kier alpha value is -2.43. The van der Waals surface area contributed by atoms with Gasteiger partial charge in [0, 0.05) is 20.0 Å². The van der Waals surface area contributed by atoms with Crippen molar-refractivity contribution in [2.45, 2.75) is 38.5 Å². The molecule has 0 aliphatic heterocycles. The Morgan fingerprint density at radius 2 is 1.85 bits per heavy atom. The Kier molecular flexibility index (Phi) is 4.62. The first kappa shape index (κ1) is 17.0. The Bertz CT molecular complexity index is 875. The predicted octanol–water partition coefficient (Wildman–Crippen LogP) is 3.82. The molecular weight excluding hydrogens is 324 g/mol. The molecule has 0 saturated heterocycles. The molecule has 1 aliphatic carbocycles. The van der Waals surface area contributed by atoms with Crippen LogP contribution < -0.4 is 0 Å². The summed E-state index contributed by atoms with van der Waals surface area (Å²) in [6.07, 6.45) is 3.46. The molecule has 2 aromatic carbocycles. The maximum Gasteiger partial charge on any atom is 0.191 e. The van der Waals surface area contributed by atoms with Crippen LogP contribution in [0.4, 0.5) is 0 Å². The van der Waals surface area contributed by atoms with Crippen LogP contribution in [0.25, 0.3) is 0 Å². The summed E-state index contributed by atoms with van der Waals surface area (Å²) in [6.45, 7) is 3.80. The lowest BCUT2D eigenvalue weighted by atomic mass is 9.95. The Morgan fingerprint density at radius 1 is 1.08 bits per heavy atom. The fraction of sp³-hybridized carbons (Fsp3) is 0.318. The zero-order valence-electron chi connectivity index (χ0n) is 15.1. The average molecular weight is 348 g/mol.